The van der Waals surface area contributed by atoms with Gasteiger partial charge in [0.1, 0.15) is 11.5 Å². The second-order valence-electron chi connectivity index (χ2n) is 2.63. The van der Waals surface area contributed by atoms with Crippen LogP contribution in [0, 0.1) is 0 Å². The summed E-state index contributed by atoms with van der Waals surface area (Å²) in [5.41, 5.74) is 6.30. The van der Waals surface area contributed by atoms with Crippen molar-refractivity contribution >= 4 is 29.8 Å². The zero-order valence-electron chi connectivity index (χ0n) is 7.04. The molecule has 0 unspecified atom stereocenters. The minimum atomic E-state index is -0.968. The van der Waals surface area contributed by atoms with Crippen LogP contribution in [0.3, 0.4) is 0 Å². The number of carboxylic acids is 1. The number of hydrogen-bond acceptors (Lipinski definition) is 3. The highest BCUT2D eigenvalue weighted by atomic mass is 35.5. The molecule has 0 spiro atoms. The van der Waals surface area contributed by atoms with Crippen molar-refractivity contribution < 1.29 is 9.90 Å². The van der Waals surface area contributed by atoms with E-state index in [0.29, 0.717) is 11.5 Å². The van der Waals surface area contributed by atoms with Crippen molar-refractivity contribution in [2.24, 2.45) is 0 Å². The lowest BCUT2D eigenvalue weighted by Crippen LogP contribution is -1.98. The third-order valence-corrected chi connectivity index (χ3v) is 1.79. The standard InChI is InChI=1S/C8H7N3O2.ClH/c9-6-4-10-7-3-5(8(12)13)1-2-11(6)7;/h1-4H,9H2,(H,12,13);1H. The van der Waals surface area contributed by atoms with Crippen molar-refractivity contribution in [1.29, 1.82) is 0 Å². The Morgan fingerprint density at radius 1 is 1.57 bits per heavy atom. The quantitative estimate of drug-likeness (QED) is 0.742. The van der Waals surface area contributed by atoms with Crippen LogP contribution in [-0.4, -0.2) is 20.5 Å². The molecule has 0 aliphatic heterocycles. The van der Waals surface area contributed by atoms with E-state index in [-0.39, 0.29) is 18.0 Å². The van der Waals surface area contributed by atoms with E-state index in [9.17, 15) is 4.79 Å². The summed E-state index contributed by atoms with van der Waals surface area (Å²) in [7, 11) is 0. The average Bonchev–Trinajstić information content (AvgIpc) is 2.47. The van der Waals surface area contributed by atoms with Crippen LogP contribution in [0.15, 0.2) is 24.5 Å². The molecule has 5 nitrogen and oxygen atoms in total. The average molecular weight is 214 g/mol. The molecule has 0 saturated heterocycles. The lowest BCUT2D eigenvalue weighted by molar-refractivity contribution is 0.0697. The van der Waals surface area contributed by atoms with Crippen LogP contribution in [0.2, 0.25) is 0 Å². The van der Waals surface area contributed by atoms with Gasteiger partial charge in [0.2, 0.25) is 0 Å². The first kappa shape index (κ1) is 10.3. The number of halogens is 1. The molecule has 0 aliphatic rings. The highest BCUT2D eigenvalue weighted by Gasteiger charge is 2.05. The van der Waals surface area contributed by atoms with Crippen LogP contribution in [-0.2, 0) is 0 Å². The first-order valence-corrected chi connectivity index (χ1v) is 3.64. The SMILES string of the molecule is Cl.Nc1cnc2cc(C(=O)O)ccn12. The van der Waals surface area contributed by atoms with E-state index < -0.39 is 5.97 Å². The zero-order valence-corrected chi connectivity index (χ0v) is 7.86. The Kier molecular flexibility index (Phi) is 2.62. The van der Waals surface area contributed by atoms with Gasteiger partial charge in [-0.3, -0.25) is 4.40 Å². The van der Waals surface area contributed by atoms with E-state index in [2.05, 4.69) is 4.98 Å². The van der Waals surface area contributed by atoms with Crippen molar-refractivity contribution in [3.63, 3.8) is 0 Å². The summed E-state index contributed by atoms with van der Waals surface area (Å²) in [5.74, 6) is -0.476. The van der Waals surface area contributed by atoms with E-state index in [0.717, 1.165) is 0 Å². The summed E-state index contributed by atoms with van der Waals surface area (Å²) in [4.78, 5) is 14.5. The van der Waals surface area contributed by atoms with Gasteiger partial charge in [0.15, 0.2) is 0 Å². The molecule has 0 aromatic carbocycles. The van der Waals surface area contributed by atoms with Gasteiger partial charge >= 0.3 is 5.97 Å². The number of carboxylic acid groups (broad SMARTS) is 1. The number of nitrogen functional groups attached to an aromatic ring is 1. The molecule has 0 radical (unpaired) electrons. The van der Waals surface area contributed by atoms with Crippen molar-refractivity contribution in [1.82, 2.24) is 9.38 Å². The minimum Gasteiger partial charge on any atom is -0.478 e. The van der Waals surface area contributed by atoms with Crippen LogP contribution < -0.4 is 5.73 Å². The molecule has 2 aromatic heterocycles. The Hall–Kier alpha value is -1.75. The van der Waals surface area contributed by atoms with Crippen molar-refractivity contribution in [2.75, 3.05) is 5.73 Å². The fourth-order valence-electron chi connectivity index (χ4n) is 1.13. The van der Waals surface area contributed by atoms with Crippen molar-refractivity contribution in [3.8, 4) is 0 Å². The fourth-order valence-corrected chi connectivity index (χ4v) is 1.13. The Morgan fingerprint density at radius 3 is 2.93 bits per heavy atom. The summed E-state index contributed by atoms with van der Waals surface area (Å²) >= 11 is 0. The van der Waals surface area contributed by atoms with E-state index in [1.807, 2.05) is 0 Å². The summed E-state index contributed by atoms with van der Waals surface area (Å²) in [6, 6.07) is 2.95. The minimum absolute atomic E-state index is 0. The molecule has 2 heterocycles. The van der Waals surface area contributed by atoms with Crippen LogP contribution in [0.1, 0.15) is 10.4 Å². The number of rotatable bonds is 1. The Bertz CT molecular complexity index is 480. The largest absolute Gasteiger partial charge is 0.478 e. The summed E-state index contributed by atoms with van der Waals surface area (Å²) in [6.45, 7) is 0. The summed E-state index contributed by atoms with van der Waals surface area (Å²) in [6.07, 6.45) is 3.07. The monoisotopic (exact) mass is 213 g/mol. The van der Waals surface area contributed by atoms with Crippen molar-refractivity contribution in [3.05, 3.63) is 30.1 Å². The normalized spacial score (nSPS) is 9.71. The predicted molar refractivity (Wildman–Crippen MR) is 53.8 cm³/mol. The molecular weight excluding hydrogens is 206 g/mol. The van der Waals surface area contributed by atoms with Crippen LogP contribution in [0.25, 0.3) is 5.65 Å². The number of imidazole rings is 1. The number of anilines is 1. The molecule has 0 bridgehead atoms. The van der Waals surface area contributed by atoms with E-state index >= 15 is 0 Å². The topological polar surface area (TPSA) is 80.6 Å². The molecule has 3 N–H and O–H groups in total. The van der Waals surface area contributed by atoms with Gasteiger partial charge in [0.05, 0.1) is 11.8 Å². The molecular formula is C8H8ClN3O2. The third kappa shape index (κ3) is 1.49. The van der Waals surface area contributed by atoms with Gasteiger partial charge in [-0.25, -0.2) is 9.78 Å². The maximum Gasteiger partial charge on any atom is 0.335 e. The van der Waals surface area contributed by atoms with E-state index in [1.54, 1.807) is 10.6 Å². The first-order chi connectivity index (χ1) is 6.18. The Balaban J connectivity index is 0.000000980. The highest BCUT2D eigenvalue weighted by Crippen LogP contribution is 2.10. The highest BCUT2D eigenvalue weighted by molar-refractivity contribution is 5.88. The van der Waals surface area contributed by atoms with Gasteiger partial charge in [0.25, 0.3) is 0 Å². The second kappa shape index (κ2) is 3.55. The molecule has 0 aliphatic carbocycles. The van der Waals surface area contributed by atoms with Gasteiger partial charge in [-0.15, -0.1) is 12.4 Å². The van der Waals surface area contributed by atoms with Gasteiger partial charge < -0.3 is 10.8 Å². The molecule has 14 heavy (non-hydrogen) atoms. The number of aromatic carboxylic acids is 1. The van der Waals surface area contributed by atoms with E-state index in [4.69, 9.17) is 10.8 Å². The number of carbonyl (C=O) groups is 1. The molecule has 2 aromatic rings. The third-order valence-electron chi connectivity index (χ3n) is 1.79. The number of fused-ring (bicyclic) bond motifs is 1. The van der Waals surface area contributed by atoms with Crippen LogP contribution in [0.5, 0.6) is 0 Å². The molecule has 0 saturated carbocycles. The predicted octanol–water partition coefficient (Wildman–Crippen LogP) is 1.04. The molecule has 6 heteroatoms. The van der Waals surface area contributed by atoms with Gasteiger partial charge in [-0.2, -0.15) is 0 Å². The van der Waals surface area contributed by atoms with Gasteiger partial charge in [-0.1, -0.05) is 0 Å². The Labute approximate surface area is 85.6 Å². The molecule has 0 atom stereocenters. The van der Waals surface area contributed by atoms with Crippen LogP contribution >= 0.6 is 12.4 Å². The number of aromatic nitrogens is 2. The number of nitrogens with two attached hydrogens (primary N) is 1. The van der Waals surface area contributed by atoms with Crippen molar-refractivity contribution in [2.45, 2.75) is 0 Å². The molecule has 0 fully saturated rings. The lowest BCUT2D eigenvalue weighted by Gasteiger charge is -1.97. The summed E-state index contributed by atoms with van der Waals surface area (Å²) < 4.78 is 1.62. The Morgan fingerprint density at radius 2 is 2.29 bits per heavy atom. The molecule has 0 amide bonds. The van der Waals surface area contributed by atoms with Gasteiger partial charge in [-0.05, 0) is 12.1 Å². The maximum absolute atomic E-state index is 10.6. The smallest absolute Gasteiger partial charge is 0.335 e. The lowest BCUT2D eigenvalue weighted by atomic mass is 10.3. The van der Waals surface area contributed by atoms with E-state index in [1.165, 1.54) is 18.3 Å². The number of nitrogens with zero attached hydrogens (tertiary/aromatic N) is 2. The van der Waals surface area contributed by atoms with Gasteiger partial charge in [0, 0.05) is 6.20 Å². The fraction of sp³-hybridized carbons (Fsp3) is 0. The van der Waals surface area contributed by atoms with Crippen LogP contribution in [0.4, 0.5) is 5.82 Å². The zero-order chi connectivity index (χ0) is 9.42. The number of hydrogen-bond donors (Lipinski definition) is 2. The number of pyridine rings is 1. The second-order valence-corrected chi connectivity index (χ2v) is 2.63. The first-order valence-electron chi connectivity index (χ1n) is 3.64. The molecule has 2 rings (SSSR count). The molecule has 74 valence electrons. The maximum atomic E-state index is 10.6. The summed E-state index contributed by atoms with van der Waals surface area (Å²) in [5, 5.41) is 8.68.